The minimum Gasteiger partial charge on any atom is -0.433 e. The van der Waals surface area contributed by atoms with Crippen molar-refractivity contribution >= 4 is 21.9 Å². The Morgan fingerprint density at radius 1 is 1.44 bits per heavy atom. The molecule has 82 valence electrons. The number of rotatable bonds is 0. The molecule has 0 aromatic carbocycles. The van der Waals surface area contributed by atoms with Crippen LogP contribution in [0.15, 0.2) is 38.1 Å². The molecule has 0 aliphatic heterocycles. The summed E-state index contributed by atoms with van der Waals surface area (Å²) in [6.45, 7) is 0. The molecule has 0 amide bonds. The van der Waals surface area contributed by atoms with Crippen LogP contribution in [0.2, 0.25) is 0 Å². The van der Waals surface area contributed by atoms with Gasteiger partial charge in [0.2, 0.25) is 0 Å². The monoisotopic (exact) mass is 284 g/mol. The van der Waals surface area contributed by atoms with Gasteiger partial charge in [0.15, 0.2) is 0 Å². The van der Waals surface area contributed by atoms with E-state index in [1.165, 1.54) is 12.3 Å². The highest BCUT2D eigenvalue weighted by Crippen LogP contribution is 2.12. The van der Waals surface area contributed by atoms with E-state index in [2.05, 4.69) is 25.3 Å². The van der Waals surface area contributed by atoms with Gasteiger partial charge in [-0.25, -0.2) is 4.39 Å². The second kappa shape index (κ2) is 4.05. The van der Waals surface area contributed by atoms with Crippen LogP contribution in [-0.4, -0.2) is 4.98 Å². The predicted octanol–water partition coefficient (Wildman–Crippen LogP) is 1.81. The van der Waals surface area contributed by atoms with E-state index in [1.807, 2.05) is 6.07 Å². The molecule has 0 radical (unpaired) electrons. The SMILES string of the molecule is Fc1cc2ccc1=2.Nc1nc(=O)c(Br)co1. The molecule has 6 heteroatoms. The molecule has 0 spiro atoms. The van der Waals surface area contributed by atoms with Crippen LogP contribution in [-0.2, 0) is 0 Å². The van der Waals surface area contributed by atoms with Crippen molar-refractivity contribution in [3.8, 4) is 0 Å². The van der Waals surface area contributed by atoms with Crippen molar-refractivity contribution in [3.05, 3.63) is 55.5 Å². The summed E-state index contributed by atoms with van der Waals surface area (Å²) in [5.74, 6) is -0.0579. The highest BCUT2D eigenvalue weighted by atomic mass is 79.9. The number of aromatic nitrogens is 1. The van der Waals surface area contributed by atoms with Crippen LogP contribution in [0.1, 0.15) is 0 Å². The maximum atomic E-state index is 12.0. The molecule has 2 N–H and O–H groups in total. The average molecular weight is 285 g/mol. The predicted molar refractivity (Wildman–Crippen MR) is 59.0 cm³/mol. The number of nitrogens with two attached hydrogens (primary N) is 1. The fraction of sp³-hybridized carbons (Fsp3) is 0. The van der Waals surface area contributed by atoms with E-state index in [4.69, 9.17) is 5.73 Å². The Morgan fingerprint density at radius 2 is 2.19 bits per heavy atom. The number of anilines is 1. The van der Waals surface area contributed by atoms with Crippen molar-refractivity contribution in [2.45, 2.75) is 0 Å². The Morgan fingerprint density at radius 3 is 2.44 bits per heavy atom. The summed E-state index contributed by atoms with van der Waals surface area (Å²) in [7, 11) is 0. The fourth-order valence-corrected chi connectivity index (χ4v) is 1.27. The Balaban J connectivity index is 0.000000123. The molecule has 4 nitrogen and oxygen atoms in total. The van der Waals surface area contributed by atoms with Gasteiger partial charge >= 0.3 is 0 Å². The van der Waals surface area contributed by atoms with Crippen molar-refractivity contribution in [1.82, 2.24) is 4.98 Å². The van der Waals surface area contributed by atoms with Gasteiger partial charge in [-0.15, -0.1) is 0 Å². The van der Waals surface area contributed by atoms with Crippen LogP contribution in [0, 0.1) is 16.3 Å². The highest BCUT2D eigenvalue weighted by molar-refractivity contribution is 9.10. The van der Waals surface area contributed by atoms with Crippen LogP contribution in [0.4, 0.5) is 10.4 Å². The van der Waals surface area contributed by atoms with E-state index < -0.39 is 5.56 Å². The van der Waals surface area contributed by atoms with E-state index in [0.717, 1.165) is 10.4 Å². The Bertz CT molecular complexity index is 684. The van der Waals surface area contributed by atoms with E-state index >= 15 is 0 Å². The Labute approximate surface area is 97.4 Å². The number of benzene rings is 1. The molecule has 0 atom stereocenters. The van der Waals surface area contributed by atoms with Gasteiger partial charge < -0.3 is 10.2 Å². The molecular weight excluding hydrogens is 279 g/mol. The van der Waals surface area contributed by atoms with Crippen LogP contribution in [0.3, 0.4) is 0 Å². The largest absolute Gasteiger partial charge is 0.433 e. The Hall–Kier alpha value is -1.69. The van der Waals surface area contributed by atoms with Gasteiger partial charge in [-0.1, -0.05) is 12.1 Å². The van der Waals surface area contributed by atoms with Crippen LogP contribution in [0.5, 0.6) is 0 Å². The van der Waals surface area contributed by atoms with Gasteiger partial charge in [-0.3, -0.25) is 4.79 Å². The number of nitrogen functional groups attached to an aromatic ring is 1. The number of hydrogen-bond acceptors (Lipinski definition) is 4. The quantitative estimate of drug-likeness (QED) is 0.684. The molecule has 16 heavy (non-hydrogen) atoms. The topological polar surface area (TPSA) is 69.1 Å². The van der Waals surface area contributed by atoms with Crippen LogP contribution in [0.25, 0.3) is 0 Å². The normalized spacial score (nSPS) is 10.4. The summed E-state index contributed by atoms with van der Waals surface area (Å²) < 4.78 is 16.8. The minimum absolute atomic E-state index is 0.0579. The average Bonchev–Trinajstić information content (AvgIpc) is 2.21. The maximum Gasteiger partial charge on any atom is 0.295 e. The van der Waals surface area contributed by atoms with Crippen molar-refractivity contribution in [1.29, 1.82) is 0 Å². The zero-order chi connectivity index (χ0) is 11.7. The molecule has 1 aromatic rings. The highest BCUT2D eigenvalue weighted by Gasteiger charge is 2.01. The fourth-order valence-electron chi connectivity index (χ4n) is 1.09. The van der Waals surface area contributed by atoms with Crippen molar-refractivity contribution in [2.75, 3.05) is 5.73 Å². The molecule has 1 heterocycles. The molecule has 2 aliphatic rings. The molecule has 0 saturated carbocycles. The molecular formula is C10H6BrFN2O2. The smallest absolute Gasteiger partial charge is 0.295 e. The van der Waals surface area contributed by atoms with Gasteiger partial charge in [-0.05, 0) is 27.2 Å². The first kappa shape index (κ1) is 10.8. The lowest BCUT2D eigenvalue weighted by atomic mass is 10.1. The lowest BCUT2D eigenvalue weighted by molar-refractivity contribution is 0.544. The van der Waals surface area contributed by atoms with Crippen LogP contribution >= 0.6 is 15.9 Å². The summed E-state index contributed by atoms with van der Waals surface area (Å²) >= 11 is 2.91. The zero-order valence-corrected chi connectivity index (χ0v) is 9.49. The first-order valence-corrected chi connectivity index (χ1v) is 5.08. The number of halogens is 2. The van der Waals surface area contributed by atoms with Crippen molar-refractivity contribution in [2.24, 2.45) is 0 Å². The van der Waals surface area contributed by atoms with Gasteiger partial charge in [0.1, 0.15) is 16.6 Å². The third-order valence-corrected chi connectivity index (χ3v) is 2.51. The van der Waals surface area contributed by atoms with E-state index in [1.54, 1.807) is 6.07 Å². The molecule has 0 fully saturated rings. The van der Waals surface area contributed by atoms with E-state index in [9.17, 15) is 9.18 Å². The van der Waals surface area contributed by atoms with Gasteiger partial charge in [0.05, 0.1) is 0 Å². The van der Waals surface area contributed by atoms with E-state index in [-0.39, 0.29) is 16.3 Å². The molecule has 0 saturated heterocycles. The summed E-state index contributed by atoms with van der Waals surface area (Å²) in [6.07, 6.45) is 1.20. The Kier molecular flexibility index (Phi) is 2.74. The third kappa shape index (κ3) is 1.96. The lowest BCUT2D eigenvalue weighted by Crippen LogP contribution is -2.07. The molecule has 3 rings (SSSR count). The summed E-state index contributed by atoms with van der Waals surface area (Å²) in [5.41, 5.74) is 4.61. The summed E-state index contributed by atoms with van der Waals surface area (Å²) in [4.78, 5) is 13.8. The van der Waals surface area contributed by atoms with Crippen molar-refractivity contribution < 1.29 is 8.81 Å². The first-order chi connectivity index (χ1) is 7.58. The molecule has 0 bridgehead atoms. The van der Waals surface area contributed by atoms with Gasteiger partial charge in [0, 0.05) is 5.22 Å². The second-order valence-electron chi connectivity index (χ2n) is 3.03. The first-order valence-electron chi connectivity index (χ1n) is 4.28. The molecule has 1 aromatic heterocycles. The zero-order valence-electron chi connectivity index (χ0n) is 7.91. The number of hydrogen-bond donors (Lipinski definition) is 1. The molecule has 0 unspecified atom stereocenters. The van der Waals surface area contributed by atoms with Crippen LogP contribution < -0.4 is 11.3 Å². The number of nitrogens with zero attached hydrogens (tertiary/aromatic N) is 1. The van der Waals surface area contributed by atoms with Crippen molar-refractivity contribution in [3.63, 3.8) is 0 Å². The third-order valence-electron chi connectivity index (χ3n) is 1.98. The van der Waals surface area contributed by atoms with Gasteiger partial charge in [-0.2, -0.15) is 4.98 Å². The summed E-state index contributed by atoms with van der Waals surface area (Å²) in [6, 6.07) is 5.10. The van der Waals surface area contributed by atoms with E-state index in [0.29, 0.717) is 0 Å². The minimum atomic E-state index is -0.418. The standard InChI is InChI=1S/C6H3F.C4H3BrN2O2/c7-6-3-4-1-2-5(4)6;5-2-1-9-4(6)7-3(2)8/h1-3H;1H,(H2,6,7,8). The maximum absolute atomic E-state index is 12.0. The summed E-state index contributed by atoms with van der Waals surface area (Å²) in [5, 5.41) is 1.87. The second-order valence-corrected chi connectivity index (χ2v) is 3.89. The lowest BCUT2D eigenvalue weighted by Gasteiger charge is -2.00. The molecule has 2 aliphatic carbocycles. The van der Waals surface area contributed by atoms with Gasteiger partial charge in [0.25, 0.3) is 11.6 Å².